The monoisotopic (exact) mass is 263 g/mol. The van der Waals surface area contributed by atoms with Gasteiger partial charge in [0, 0.05) is 12.1 Å². The van der Waals surface area contributed by atoms with Crippen LogP contribution in [0.3, 0.4) is 0 Å². The van der Waals surface area contributed by atoms with E-state index in [0.29, 0.717) is 5.02 Å². The fourth-order valence-corrected chi connectivity index (χ4v) is 1.10. The van der Waals surface area contributed by atoms with Crippen molar-refractivity contribution in [1.29, 1.82) is 0 Å². The van der Waals surface area contributed by atoms with E-state index in [0.717, 1.165) is 0 Å². The Bertz CT molecular complexity index is 421. The highest BCUT2D eigenvalue weighted by atomic mass is 35.5. The SMILES string of the molecule is CN=C(N)NC(=O)c1cc(Cl)ccc1O.Cl. The maximum Gasteiger partial charge on any atom is 0.261 e. The lowest BCUT2D eigenvalue weighted by atomic mass is 10.2. The number of guanidine groups is 1. The van der Waals surface area contributed by atoms with Crippen molar-refractivity contribution >= 4 is 35.9 Å². The van der Waals surface area contributed by atoms with Crippen LogP contribution in [-0.2, 0) is 0 Å². The second-order valence-electron chi connectivity index (χ2n) is 2.72. The molecule has 0 aliphatic heterocycles. The van der Waals surface area contributed by atoms with Crippen LogP contribution in [0.15, 0.2) is 23.2 Å². The number of aromatic hydroxyl groups is 1. The van der Waals surface area contributed by atoms with Gasteiger partial charge in [0.2, 0.25) is 0 Å². The molecule has 16 heavy (non-hydrogen) atoms. The van der Waals surface area contributed by atoms with Gasteiger partial charge < -0.3 is 10.8 Å². The Morgan fingerprint density at radius 1 is 1.56 bits per heavy atom. The first-order valence-electron chi connectivity index (χ1n) is 4.06. The van der Waals surface area contributed by atoms with Crippen molar-refractivity contribution in [2.75, 3.05) is 7.05 Å². The number of phenolic OH excluding ortho intramolecular Hbond substituents is 1. The summed E-state index contributed by atoms with van der Waals surface area (Å²) < 4.78 is 0. The molecule has 4 N–H and O–H groups in total. The summed E-state index contributed by atoms with van der Waals surface area (Å²) in [6, 6.07) is 4.15. The van der Waals surface area contributed by atoms with Crippen LogP contribution in [0.4, 0.5) is 0 Å². The number of rotatable bonds is 1. The molecule has 1 rings (SSSR count). The third kappa shape index (κ3) is 3.60. The van der Waals surface area contributed by atoms with Crippen LogP contribution in [-0.4, -0.2) is 24.0 Å². The highest BCUT2D eigenvalue weighted by Gasteiger charge is 2.12. The number of carbonyl (C=O) groups excluding carboxylic acids is 1. The molecule has 0 aliphatic rings. The first-order chi connectivity index (χ1) is 7.04. The molecule has 0 atom stereocenters. The van der Waals surface area contributed by atoms with E-state index in [1.54, 1.807) is 0 Å². The Hall–Kier alpha value is -1.46. The zero-order valence-electron chi connectivity index (χ0n) is 8.40. The molecule has 0 saturated heterocycles. The average molecular weight is 264 g/mol. The Kier molecular flexibility index (Phi) is 5.63. The lowest BCUT2D eigenvalue weighted by Crippen LogP contribution is -2.36. The van der Waals surface area contributed by atoms with Crippen LogP contribution in [0, 0.1) is 0 Å². The van der Waals surface area contributed by atoms with Crippen LogP contribution >= 0.6 is 24.0 Å². The van der Waals surface area contributed by atoms with Gasteiger partial charge in [-0.25, -0.2) is 0 Å². The summed E-state index contributed by atoms with van der Waals surface area (Å²) >= 11 is 5.68. The van der Waals surface area contributed by atoms with Gasteiger partial charge in [-0.05, 0) is 18.2 Å². The fourth-order valence-electron chi connectivity index (χ4n) is 0.930. The number of phenols is 1. The van der Waals surface area contributed by atoms with Crippen molar-refractivity contribution < 1.29 is 9.90 Å². The zero-order valence-corrected chi connectivity index (χ0v) is 9.97. The second kappa shape index (κ2) is 6.19. The molecular formula is C9H11Cl2N3O2. The number of carbonyl (C=O) groups is 1. The normalized spacial score (nSPS) is 10.5. The van der Waals surface area contributed by atoms with E-state index in [2.05, 4.69) is 10.3 Å². The summed E-state index contributed by atoms with van der Waals surface area (Å²) in [5.74, 6) is -0.752. The van der Waals surface area contributed by atoms with Gasteiger partial charge in [-0.3, -0.25) is 15.1 Å². The number of halogens is 2. The van der Waals surface area contributed by atoms with E-state index < -0.39 is 5.91 Å². The van der Waals surface area contributed by atoms with Crippen molar-refractivity contribution in [2.45, 2.75) is 0 Å². The molecule has 88 valence electrons. The van der Waals surface area contributed by atoms with Crippen molar-refractivity contribution in [3.8, 4) is 5.75 Å². The topological polar surface area (TPSA) is 87.7 Å². The largest absolute Gasteiger partial charge is 0.507 e. The molecule has 7 heteroatoms. The van der Waals surface area contributed by atoms with Gasteiger partial charge >= 0.3 is 0 Å². The second-order valence-corrected chi connectivity index (χ2v) is 3.16. The predicted molar refractivity (Wildman–Crippen MR) is 65.4 cm³/mol. The summed E-state index contributed by atoms with van der Waals surface area (Å²) in [6.45, 7) is 0. The molecule has 0 aromatic heterocycles. The number of amides is 1. The number of hydrogen-bond acceptors (Lipinski definition) is 3. The number of aliphatic imine (C=N–C) groups is 1. The van der Waals surface area contributed by atoms with Crippen molar-refractivity contribution in [2.24, 2.45) is 10.7 Å². The Morgan fingerprint density at radius 2 is 2.19 bits per heavy atom. The van der Waals surface area contributed by atoms with Crippen molar-refractivity contribution in [1.82, 2.24) is 5.32 Å². The van der Waals surface area contributed by atoms with E-state index >= 15 is 0 Å². The average Bonchev–Trinajstić information content (AvgIpc) is 2.21. The van der Waals surface area contributed by atoms with Crippen LogP contribution in [0.2, 0.25) is 5.02 Å². The molecule has 0 heterocycles. The third-order valence-electron chi connectivity index (χ3n) is 1.69. The molecule has 5 nitrogen and oxygen atoms in total. The van der Waals surface area contributed by atoms with Gasteiger partial charge in [0.25, 0.3) is 5.91 Å². The molecular weight excluding hydrogens is 253 g/mol. The number of nitrogens with one attached hydrogen (secondary N) is 1. The highest BCUT2D eigenvalue weighted by Crippen LogP contribution is 2.20. The standard InChI is InChI=1S/C9H10ClN3O2.ClH/c1-12-9(11)13-8(15)6-4-5(10)2-3-7(6)14;/h2-4,14H,1H3,(H3,11,12,13,15);1H. The maximum absolute atomic E-state index is 11.5. The fraction of sp³-hybridized carbons (Fsp3) is 0.111. The summed E-state index contributed by atoms with van der Waals surface area (Å²) in [4.78, 5) is 15.1. The number of hydrogen-bond donors (Lipinski definition) is 3. The summed E-state index contributed by atoms with van der Waals surface area (Å²) in [5, 5.41) is 12.0. The molecule has 0 bridgehead atoms. The lowest BCUT2D eigenvalue weighted by Gasteiger charge is -2.05. The molecule has 0 unspecified atom stereocenters. The smallest absolute Gasteiger partial charge is 0.261 e. The molecule has 0 fully saturated rings. The lowest BCUT2D eigenvalue weighted by molar-refractivity contribution is 0.0974. The van der Waals surface area contributed by atoms with Crippen LogP contribution in [0.5, 0.6) is 5.75 Å². The van der Waals surface area contributed by atoms with E-state index in [4.69, 9.17) is 17.3 Å². The predicted octanol–water partition coefficient (Wildman–Crippen LogP) is 1.14. The van der Waals surface area contributed by atoms with Crippen LogP contribution in [0.25, 0.3) is 0 Å². The molecule has 0 aliphatic carbocycles. The summed E-state index contributed by atoms with van der Waals surface area (Å²) in [7, 11) is 1.44. The minimum absolute atomic E-state index is 0. The Morgan fingerprint density at radius 3 is 2.75 bits per heavy atom. The first kappa shape index (κ1) is 14.5. The minimum atomic E-state index is -0.557. The van der Waals surface area contributed by atoms with Crippen molar-refractivity contribution in [3.63, 3.8) is 0 Å². The molecule has 1 amide bonds. The quantitative estimate of drug-likeness (QED) is 0.525. The Balaban J connectivity index is 0.00000225. The van der Waals surface area contributed by atoms with Gasteiger partial charge in [0.05, 0.1) is 5.56 Å². The first-order valence-corrected chi connectivity index (χ1v) is 4.44. The van der Waals surface area contributed by atoms with Gasteiger partial charge in [0.1, 0.15) is 5.75 Å². The number of nitrogens with two attached hydrogens (primary N) is 1. The Labute approximate surface area is 104 Å². The summed E-state index contributed by atoms with van der Waals surface area (Å²) in [6.07, 6.45) is 0. The van der Waals surface area contributed by atoms with E-state index in [-0.39, 0.29) is 29.7 Å². The minimum Gasteiger partial charge on any atom is -0.507 e. The van der Waals surface area contributed by atoms with Crippen LogP contribution in [0.1, 0.15) is 10.4 Å². The van der Waals surface area contributed by atoms with E-state index in [1.807, 2.05) is 0 Å². The zero-order chi connectivity index (χ0) is 11.4. The van der Waals surface area contributed by atoms with Crippen molar-refractivity contribution in [3.05, 3.63) is 28.8 Å². The third-order valence-corrected chi connectivity index (χ3v) is 1.92. The molecule has 0 radical (unpaired) electrons. The maximum atomic E-state index is 11.5. The molecule has 0 saturated carbocycles. The van der Waals surface area contributed by atoms with Gasteiger partial charge in [-0.15, -0.1) is 12.4 Å². The molecule has 1 aromatic carbocycles. The number of nitrogens with zero attached hydrogens (tertiary/aromatic N) is 1. The van der Waals surface area contributed by atoms with E-state index in [9.17, 15) is 9.90 Å². The summed E-state index contributed by atoms with van der Waals surface area (Å²) in [5.41, 5.74) is 5.35. The van der Waals surface area contributed by atoms with Gasteiger partial charge in [0.15, 0.2) is 5.96 Å². The molecule has 1 aromatic rings. The van der Waals surface area contributed by atoms with E-state index in [1.165, 1.54) is 25.2 Å². The highest BCUT2D eigenvalue weighted by molar-refractivity contribution is 6.31. The number of benzene rings is 1. The van der Waals surface area contributed by atoms with Gasteiger partial charge in [-0.2, -0.15) is 0 Å². The van der Waals surface area contributed by atoms with Gasteiger partial charge in [-0.1, -0.05) is 11.6 Å². The van der Waals surface area contributed by atoms with Crippen LogP contribution < -0.4 is 11.1 Å². The molecule has 0 spiro atoms.